The number of halogens is 1. The Morgan fingerprint density at radius 3 is 2.55 bits per heavy atom. The van der Waals surface area contributed by atoms with Crippen molar-refractivity contribution in [3.05, 3.63) is 124 Å². The molecule has 2 heterocycles. The van der Waals surface area contributed by atoms with Gasteiger partial charge >= 0.3 is 5.97 Å². The number of hydrogen-bond acceptors (Lipinski definition) is 8. The number of rotatable bonds is 9. The van der Waals surface area contributed by atoms with Gasteiger partial charge in [-0.05, 0) is 63.1 Å². The molecule has 0 saturated carbocycles. The molecule has 1 aliphatic rings. The maximum Gasteiger partial charge on any atom is 0.338 e. The van der Waals surface area contributed by atoms with Crippen LogP contribution in [0.15, 0.2) is 81.7 Å². The average Bonchev–Trinajstić information content (AvgIpc) is 3.30. The molecule has 1 atom stereocenters. The summed E-state index contributed by atoms with van der Waals surface area (Å²) in [5, 5.41) is 9.72. The number of esters is 1. The van der Waals surface area contributed by atoms with Crippen LogP contribution in [-0.2, 0) is 16.1 Å². The molecule has 0 spiro atoms. The zero-order valence-corrected chi connectivity index (χ0v) is 26.3. The van der Waals surface area contributed by atoms with Gasteiger partial charge in [0.2, 0.25) is 0 Å². The Kier molecular flexibility index (Phi) is 9.33. The molecule has 1 aliphatic heterocycles. The van der Waals surface area contributed by atoms with Gasteiger partial charge in [0.25, 0.3) is 5.56 Å². The summed E-state index contributed by atoms with van der Waals surface area (Å²) in [5.74, 6) is 0.245. The Bertz CT molecular complexity index is 1990. The molecule has 0 N–H and O–H groups in total. The van der Waals surface area contributed by atoms with Gasteiger partial charge in [0.1, 0.15) is 6.61 Å². The van der Waals surface area contributed by atoms with Crippen molar-refractivity contribution in [1.82, 2.24) is 4.57 Å². The summed E-state index contributed by atoms with van der Waals surface area (Å²) in [5.41, 5.74) is 4.24. The van der Waals surface area contributed by atoms with Gasteiger partial charge in [-0.1, -0.05) is 71.0 Å². The number of aryl methyl sites for hydroxylation is 1. The van der Waals surface area contributed by atoms with Crippen molar-refractivity contribution in [2.45, 2.75) is 40.3 Å². The highest BCUT2D eigenvalue weighted by atomic mass is 35.5. The molecule has 5 rings (SSSR count). The second kappa shape index (κ2) is 13.3. The number of fused-ring (bicyclic) bond motifs is 1. The van der Waals surface area contributed by atoms with E-state index in [1.165, 1.54) is 11.3 Å². The third-order valence-corrected chi connectivity index (χ3v) is 8.31. The van der Waals surface area contributed by atoms with E-state index < -0.39 is 12.0 Å². The zero-order chi connectivity index (χ0) is 31.4. The third kappa shape index (κ3) is 6.18. The highest BCUT2D eigenvalue weighted by molar-refractivity contribution is 7.07. The molecule has 224 valence electrons. The molecule has 0 amide bonds. The Hall–Kier alpha value is -4.65. The van der Waals surface area contributed by atoms with Crippen LogP contribution in [0.2, 0.25) is 5.02 Å². The van der Waals surface area contributed by atoms with Crippen LogP contribution in [0.5, 0.6) is 11.5 Å². The summed E-state index contributed by atoms with van der Waals surface area (Å²) < 4.78 is 19.2. The molecule has 3 aromatic carbocycles. The Labute approximate surface area is 263 Å². The van der Waals surface area contributed by atoms with Gasteiger partial charge in [0.15, 0.2) is 16.3 Å². The van der Waals surface area contributed by atoms with Crippen LogP contribution in [0.25, 0.3) is 6.08 Å². The van der Waals surface area contributed by atoms with Crippen molar-refractivity contribution >= 4 is 35.0 Å². The minimum absolute atomic E-state index is 0.128. The van der Waals surface area contributed by atoms with E-state index in [9.17, 15) is 14.9 Å². The third-order valence-electron chi connectivity index (χ3n) is 7.05. The number of aromatic nitrogens is 1. The smallest absolute Gasteiger partial charge is 0.338 e. The van der Waals surface area contributed by atoms with E-state index in [1.807, 2.05) is 50.2 Å². The van der Waals surface area contributed by atoms with Crippen LogP contribution in [0.4, 0.5) is 0 Å². The summed E-state index contributed by atoms with van der Waals surface area (Å²) >= 11 is 7.92. The molecule has 0 saturated heterocycles. The van der Waals surface area contributed by atoms with Crippen LogP contribution < -0.4 is 24.4 Å². The number of nitriles is 1. The fourth-order valence-electron chi connectivity index (χ4n) is 4.99. The fourth-order valence-corrected chi connectivity index (χ4v) is 6.31. The van der Waals surface area contributed by atoms with Gasteiger partial charge in [0.05, 0.1) is 51.7 Å². The molecule has 0 radical (unpaired) electrons. The van der Waals surface area contributed by atoms with Gasteiger partial charge < -0.3 is 14.2 Å². The molecule has 44 heavy (non-hydrogen) atoms. The van der Waals surface area contributed by atoms with Crippen LogP contribution in [-0.4, -0.2) is 23.8 Å². The number of thiazole rings is 1. The van der Waals surface area contributed by atoms with Crippen molar-refractivity contribution in [1.29, 1.82) is 5.26 Å². The van der Waals surface area contributed by atoms with Crippen molar-refractivity contribution in [2.24, 2.45) is 4.99 Å². The number of carbonyl (C=O) groups excluding carboxylic acids is 1. The first kappa shape index (κ1) is 30.8. The standard InChI is InChI=1S/C34H30ClN3O5S/c1-5-41-27-16-22(15-26(35)31(27)43-19-25-10-8-7-9-24(25)18-36)17-28-32(39)38-30(23-13-11-20(3)12-14-23)29(33(40)42-6-2)21(4)37-34(38)44-28/h7-17,30H,5-6,19H2,1-4H3/b28-17+/t30-/m0/s1. The van der Waals surface area contributed by atoms with Crippen LogP contribution >= 0.6 is 22.9 Å². The van der Waals surface area contributed by atoms with Gasteiger partial charge in [0, 0.05) is 5.56 Å². The van der Waals surface area contributed by atoms with E-state index in [2.05, 4.69) is 11.1 Å². The molecule has 8 nitrogen and oxygen atoms in total. The first-order chi connectivity index (χ1) is 21.2. The zero-order valence-electron chi connectivity index (χ0n) is 24.7. The fraction of sp³-hybridized carbons (Fsp3) is 0.235. The van der Waals surface area contributed by atoms with E-state index >= 15 is 0 Å². The maximum absolute atomic E-state index is 14.0. The number of benzene rings is 3. The molecular formula is C34H30ClN3O5S. The van der Waals surface area contributed by atoms with Gasteiger partial charge in [-0.2, -0.15) is 5.26 Å². The topological polar surface area (TPSA) is 103 Å². The number of ether oxygens (including phenoxy) is 3. The first-order valence-electron chi connectivity index (χ1n) is 14.1. The van der Waals surface area contributed by atoms with E-state index in [0.717, 1.165) is 16.7 Å². The quantitative estimate of drug-likeness (QED) is 0.224. The molecule has 0 fully saturated rings. The number of hydrogen-bond donors (Lipinski definition) is 0. The van der Waals surface area contributed by atoms with Gasteiger partial charge in [-0.25, -0.2) is 9.79 Å². The summed E-state index contributed by atoms with van der Waals surface area (Å²) in [6.45, 7) is 8.02. The minimum Gasteiger partial charge on any atom is -0.490 e. The monoisotopic (exact) mass is 627 g/mol. The lowest BCUT2D eigenvalue weighted by Crippen LogP contribution is -2.39. The van der Waals surface area contributed by atoms with E-state index in [4.69, 9.17) is 25.8 Å². The average molecular weight is 628 g/mol. The van der Waals surface area contributed by atoms with Gasteiger partial charge in [-0.15, -0.1) is 0 Å². The second-order valence-corrected chi connectivity index (χ2v) is 11.4. The predicted molar refractivity (Wildman–Crippen MR) is 170 cm³/mol. The van der Waals surface area contributed by atoms with E-state index in [0.29, 0.717) is 54.9 Å². The first-order valence-corrected chi connectivity index (χ1v) is 15.3. The van der Waals surface area contributed by atoms with E-state index in [1.54, 1.807) is 48.8 Å². The predicted octanol–water partition coefficient (Wildman–Crippen LogP) is 5.61. The van der Waals surface area contributed by atoms with Crippen molar-refractivity contribution < 1.29 is 19.0 Å². The van der Waals surface area contributed by atoms with Crippen molar-refractivity contribution in [3.8, 4) is 17.6 Å². The van der Waals surface area contributed by atoms with Crippen LogP contribution in [0, 0.1) is 18.3 Å². The number of nitrogens with zero attached hydrogens (tertiary/aromatic N) is 3. The normalized spacial score (nSPS) is 14.5. The molecule has 1 aromatic heterocycles. The lowest BCUT2D eigenvalue weighted by atomic mass is 9.95. The van der Waals surface area contributed by atoms with Crippen molar-refractivity contribution in [2.75, 3.05) is 13.2 Å². The summed E-state index contributed by atoms with van der Waals surface area (Å²) in [6.07, 6.45) is 1.72. The maximum atomic E-state index is 14.0. The molecule has 0 bridgehead atoms. The minimum atomic E-state index is -0.692. The Balaban J connectivity index is 1.58. The summed E-state index contributed by atoms with van der Waals surface area (Å²) in [4.78, 5) is 32.2. The van der Waals surface area contributed by atoms with Crippen molar-refractivity contribution in [3.63, 3.8) is 0 Å². The summed E-state index contributed by atoms with van der Waals surface area (Å²) in [7, 11) is 0. The van der Waals surface area contributed by atoms with Crippen LogP contribution in [0.3, 0.4) is 0 Å². The highest BCUT2D eigenvalue weighted by Gasteiger charge is 2.33. The van der Waals surface area contributed by atoms with Crippen LogP contribution in [0.1, 0.15) is 54.6 Å². The lowest BCUT2D eigenvalue weighted by molar-refractivity contribution is -0.139. The highest BCUT2D eigenvalue weighted by Crippen LogP contribution is 2.38. The Morgan fingerprint density at radius 1 is 1.09 bits per heavy atom. The summed E-state index contributed by atoms with van der Waals surface area (Å²) in [6, 6.07) is 19.8. The number of allylic oxidation sites excluding steroid dienone is 1. The molecule has 0 unspecified atom stereocenters. The largest absolute Gasteiger partial charge is 0.490 e. The van der Waals surface area contributed by atoms with Gasteiger partial charge in [-0.3, -0.25) is 9.36 Å². The second-order valence-electron chi connectivity index (χ2n) is 10.0. The molecule has 0 aliphatic carbocycles. The molecule has 4 aromatic rings. The van der Waals surface area contributed by atoms with E-state index in [-0.39, 0.29) is 18.8 Å². The molecule has 10 heteroatoms. The lowest BCUT2D eigenvalue weighted by Gasteiger charge is -2.24. The SMILES string of the molecule is CCOC(=O)C1=C(C)N=c2s/c(=C/c3cc(Cl)c(OCc4ccccc4C#N)c(OCC)c3)c(=O)n2[C@H]1c1ccc(C)cc1. The molecular weight excluding hydrogens is 598 g/mol. The Morgan fingerprint density at radius 2 is 1.84 bits per heavy atom. The number of carbonyl (C=O) groups is 1.